The largest absolute Gasteiger partial charge is 0.463 e. The smallest absolute Gasteiger partial charge is 0.303 e. The second-order valence-electron chi connectivity index (χ2n) is 9.09. The molecule has 214 valence electrons. The third-order valence-electron chi connectivity index (χ3n) is 6.11. The van der Waals surface area contributed by atoms with Gasteiger partial charge in [-0.25, -0.2) is 0 Å². The molecule has 1 saturated heterocycles. The van der Waals surface area contributed by atoms with E-state index in [9.17, 15) is 33.9 Å². The summed E-state index contributed by atoms with van der Waals surface area (Å²) < 4.78 is 37.6. The molecule has 38 heavy (non-hydrogen) atoms. The lowest BCUT2D eigenvalue weighted by Crippen LogP contribution is -2.63. The molecule has 9 atom stereocenters. The van der Waals surface area contributed by atoms with Crippen molar-refractivity contribution in [3.05, 3.63) is 0 Å². The van der Waals surface area contributed by atoms with Crippen LogP contribution in [0.5, 0.6) is 0 Å². The highest BCUT2D eigenvalue weighted by atomic mass is 16.7. The Labute approximate surface area is 219 Å². The summed E-state index contributed by atoms with van der Waals surface area (Å²) in [7, 11) is 1.31. The topological polar surface area (TPSA) is 187 Å². The van der Waals surface area contributed by atoms with Crippen LogP contribution in [-0.2, 0) is 61.9 Å². The van der Waals surface area contributed by atoms with Gasteiger partial charge in [-0.05, 0) is 6.42 Å². The molecule has 0 spiro atoms. The molecule has 14 nitrogen and oxygen atoms in total. The average molecular weight is 547 g/mol. The zero-order valence-electron chi connectivity index (χ0n) is 22.1. The van der Waals surface area contributed by atoms with Crippen molar-refractivity contribution in [3.63, 3.8) is 0 Å². The minimum Gasteiger partial charge on any atom is -0.463 e. The number of carbonyl (C=O) groups excluding carboxylic acids is 6. The van der Waals surface area contributed by atoms with E-state index in [1.807, 2.05) is 0 Å². The standard InChI is InChI=1S/C24H34O14/c1-10(25)33-9-19-23(36-13(4)28)24(37-14(5)29)22(35-12(3)27)18(38-19)7-15-16(30)8-17(32-6)21(20(15)31)34-11(2)26/h15,17-24,31H,7-9H2,1-6H3/t15-,17+,18-,19-,20+,21+,22+,23+,24-/m1/s1. The lowest BCUT2D eigenvalue weighted by atomic mass is 9.76. The van der Waals surface area contributed by atoms with Gasteiger partial charge >= 0.3 is 29.8 Å². The van der Waals surface area contributed by atoms with Crippen LogP contribution in [0, 0.1) is 5.92 Å². The lowest BCUT2D eigenvalue weighted by molar-refractivity contribution is -0.256. The van der Waals surface area contributed by atoms with E-state index in [4.69, 9.17) is 33.2 Å². The molecule has 0 radical (unpaired) electrons. The van der Waals surface area contributed by atoms with Gasteiger partial charge in [-0.15, -0.1) is 0 Å². The number of aliphatic hydroxyl groups excluding tert-OH is 1. The molecule has 1 aliphatic heterocycles. The summed E-state index contributed by atoms with van der Waals surface area (Å²) in [5.74, 6) is -5.37. The quantitative estimate of drug-likeness (QED) is 0.285. The minimum atomic E-state index is -1.52. The number of esters is 5. The maximum absolute atomic E-state index is 13.0. The molecule has 1 aliphatic carbocycles. The van der Waals surface area contributed by atoms with Crippen molar-refractivity contribution in [2.45, 2.75) is 96.3 Å². The van der Waals surface area contributed by atoms with Crippen molar-refractivity contribution >= 4 is 35.6 Å². The minimum absolute atomic E-state index is 0.193. The number of methoxy groups -OCH3 is 1. The van der Waals surface area contributed by atoms with Crippen molar-refractivity contribution in [1.82, 2.24) is 0 Å². The molecule has 14 heteroatoms. The van der Waals surface area contributed by atoms with Gasteiger partial charge in [0.05, 0.1) is 12.0 Å². The highest BCUT2D eigenvalue weighted by molar-refractivity contribution is 5.83. The van der Waals surface area contributed by atoms with Gasteiger partial charge in [-0.3, -0.25) is 28.8 Å². The molecule has 2 rings (SSSR count). The molecule has 0 aromatic heterocycles. The molecular formula is C24H34O14. The van der Waals surface area contributed by atoms with Crippen LogP contribution in [0.1, 0.15) is 47.5 Å². The second-order valence-corrected chi connectivity index (χ2v) is 9.09. The summed E-state index contributed by atoms with van der Waals surface area (Å²) in [5.41, 5.74) is 0. The van der Waals surface area contributed by atoms with Crippen LogP contribution in [0.3, 0.4) is 0 Å². The molecule has 2 fully saturated rings. The van der Waals surface area contributed by atoms with Gasteiger partial charge < -0.3 is 38.3 Å². The third kappa shape index (κ3) is 8.20. The number of aliphatic hydroxyl groups is 1. The average Bonchev–Trinajstić information content (AvgIpc) is 2.79. The Balaban J connectivity index is 2.48. The van der Waals surface area contributed by atoms with E-state index >= 15 is 0 Å². The molecule has 0 bridgehead atoms. The predicted molar refractivity (Wildman–Crippen MR) is 122 cm³/mol. The summed E-state index contributed by atoms with van der Waals surface area (Å²) in [6.45, 7) is 5.13. The number of ketones is 1. The van der Waals surface area contributed by atoms with E-state index in [0.717, 1.165) is 34.6 Å². The number of Topliss-reactive ketones (excluding diaryl/α,β-unsaturated/α-hetero) is 1. The van der Waals surface area contributed by atoms with Gasteiger partial charge in [0.2, 0.25) is 0 Å². The molecular weight excluding hydrogens is 512 g/mol. The SMILES string of the molecule is CO[C@H]1CC(=O)[C@@H](C[C@H]2O[C@H](COC(C)=O)[C@H](OC(C)=O)[C@H](OC(C)=O)[C@H]2OC(C)=O)[C@H](O)[C@H]1OC(C)=O. The van der Waals surface area contributed by atoms with Crippen molar-refractivity contribution in [3.8, 4) is 0 Å². The number of hydrogen-bond donors (Lipinski definition) is 1. The van der Waals surface area contributed by atoms with E-state index in [2.05, 4.69) is 0 Å². The Morgan fingerprint density at radius 1 is 0.763 bits per heavy atom. The van der Waals surface area contributed by atoms with Crippen molar-refractivity contribution in [2.75, 3.05) is 13.7 Å². The fourth-order valence-corrected chi connectivity index (χ4v) is 4.69. The zero-order chi connectivity index (χ0) is 28.7. The van der Waals surface area contributed by atoms with Crippen LogP contribution in [0.15, 0.2) is 0 Å². The van der Waals surface area contributed by atoms with Crippen LogP contribution in [0.2, 0.25) is 0 Å². The van der Waals surface area contributed by atoms with Crippen LogP contribution < -0.4 is 0 Å². The van der Waals surface area contributed by atoms with Gasteiger partial charge in [-0.1, -0.05) is 0 Å². The highest BCUT2D eigenvalue weighted by Crippen LogP contribution is 2.36. The zero-order valence-corrected chi connectivity index (χ0v) is 22.1. The first-order chi connectivity index (χ1) is 17.7. The van der Waals surface area contributed by atoms with Gasteiger partial charge in [-0.2, -0.15) is 0 Å². The van der Waals surface area contributed by atoms with Gasteiger partial charge in [0.25, 0.3) is 0 Å². The monoisotopic (exact) mass is 546 g/mol. The third-order valence-corrected chi connectivity index (χ3v) is 6.11. The number of ether oxygens (including phenoxy) is 7. The first-order valence-electron chi connectivity index (χ1n) is 12.0. The summed E-state index contributed by atoms with van der Waals surface area (Å²) in [6.07, 6.45) is -10.6. The van der Waals surface area contributed by atoms with E-state index in [0.29, 0.717) is 0 Å². The summed E-state index contributed by atoms with van der Waals surface area (Å²) >= 11 is 0. The van der Waals surface area contributed by atoms with Crippen LogP contribution >= 0.6 is 0 Å². The number of rotatable bonds is 9. The Kier molecular flexibility index (Phi) is 11.2. The Morgan fingerprint density at radius 3 is 1.71 bits per heavy atom. The summed E-state index contributed by atoms with van der Waals surface area (Å²) in [4.78, 5) is 72.0. The first kappa shape index (κ1) is 31.1. The Morgan fingerprint density at radius 2 is 1.24 bits per heavy atom. The maximum atomic E-state index is 13.0. The molecule has 1 N–H and O–H groups in total. The van der Waals surface area contributed by atoms with Crippen LogP contribution in [-0.4, -0.2) is 103 Å². The molecule has 0 amide bonds. The van der Waals surface area contributed by atoms with Gasteiger partial charge in [0.1, 0.15) is 30.7 Å². The van der Waals surface area contributed by atoms with E-state index in [1.165, 1.54) is 7.11 Å². The van der Waals surface area contributed by atoms with Crippen molar-refractivity contribution in [2.24, 2.45) is 5.92 Å². The molecule has 0 aromatic carbocycles. The van der Waals surface area contributed by atoms with Crippen molar-refractivity contribution in [1.29, 1.82) is 0 Å². The Hall–Kier alpha value is -3.10. The fraction of sp³-hybridized carbons (Fsp3) is 0.750. The van der Waals surface area contributed by atoms with Crippen LogP contribution in [0.4, 0.5) is 0 Å². The maximum Gasteiger partial charge on any atom is 0.303 e. The summed E-state index contributed by atoms with van der Waals surface area (Å²) in [5, 5.41) is 11.0. The molecule has 0 unspecified atom stereocenters. The van der Waals surface area contributed by atoms with E-state index in [1.54, 1.807) is 0 Å². The fourth-order valence-electron chi connectivity index (χ4n) is 4.69. The lowest BCUT2D eigenvalue weighted by Gasteiger charge is -2.46. The van der Waals surface area contributed by atoms with Crippen molar-refractivity contribution < 1.29 is 67.0 Å². The molecule has 1 heterocycles. The van der Waals surface area contributed by atoms with Crippen LogP contribution in [0.25, 0.3) is 0 Å². The molecule has 1 saturated carbocycles. The second kappa shape index (κ2) is 13.6. The number of hydrogen-bond acceptors (Lipinski definition) is 14. The van der Waals surface area contributed by atoms with Gasteiger partial charge in [0, 0.05) is 48.1 Å². The molecule has 0 aromatic rings. The predicted octanol–water partition coefficient (Wildman–Crippen LogP) is -0.601. The Bertz CT molecular complexity index is 916. The normalized spacial score (nSPS) is 33.0. The highest BCUT2D eigenvalue weighted by Gasteiger charge is 2.54. The first-order valence-corrected chi connectivity index (χ1v) is 12.0. The molecule has 2 aliphatic rings. The summed E-state index contributed by atoms with van der Waals surface area (Å²) in [6, 6.07) is 0. The van der Waals surface area contributed by atoms with E-state index in [-0.39, 0.29) is 12.8 Å². The number of carbonyl (C=O) groups is 6. The van der Waals surface area contributed by atoms with E-state index < -0.39 is 97.0 Å². The van der Waals surface area contributed by atoms with Gasteiger partial charge in [0.15, 0.2) is 24.4 Å².